The lowest BCUT2D eigenvalue weighted by atomic mass is 10.1. The molecule has 3 aromatic carbocycles. The molecule has 0 unspecified atom stereocenters. The SMILES string of the molecule is Cc1c(Cl)cccc1NC(=O)CSc1cccc(NC(=O)c2ccccc2C(=O)O)c1. The van der Waals surface area contributed by atoms with Gasteiger partial charge in [0.05, 0.1) is 16.9 Å². The van der Waals surface area contributed by atoms with Crippen molar-refractivity contribution < 1.29 is 19.5 Å². The topological polar surface area (TPSA) is 95.5 Å². The predicted molar refractivity (Wildman–Crippen MR) is 123 cm³/mol. The molecule has 0 heterocycles. The molecule has 0 saturated carbocycles. The summed E-state index contributed by atoms with van der Waals surface area (Å²) in [6.45, 7) is 1.83. The van der Waals surface area contributed by atoms with Crippen LogP contribution in [0, 0.1) is 6.92 Å². The number of hydrogen-bond acceptors (Lipinski definition) is 4. The molecule has 2 amide bonds. The number of halogens is 1. The van der Waals surface area contributed by atoms with Gasteiger partial charge in [-0.05, 0) is 55.0 Å². The molecule has 0 aliphatic heterocycles. The Hall–Kier alpha value is -3.29. The fraction of sp³-hybridized carbons (Fsp3) is 0.0870. The van der Waals surface area contributed by atoms with E-state index in [9.17, 15) is 19.5 Å². The average molecular weight is 455 g/mol. The lowest BCUT2D eigenvalue weighted by Gasteiger charge is -2.10. The number of amides is 2. The average Bonchev–Trinajstić information content (AvgIpc) is 2.76. The highest BCUT2D eigenvalue weighted by Gasteiger charge is 2.16. The Morgan fingerprint density at radius 2 is 1.65 bits per heavy atom. The number of carbonyl (C=O) groups excluding carboxylic acids is 2. The summed E-state index contributed by atoms with van der Waals surface area (Å²) in [5.41, 5.74) is 1.97. The fourth-order valence-corrected chi connectivity index (χ4v) is 3.74. The summed E-state index contributed by atoms with van der Waals surface area (Å²) in [7, 11) is 0. The molecule has 0 aliphatic rings. The first-order chi connectivity index (χ1) is 14.8. The summed E-state index contributed by atoms with van der Waals surface area (Å²) < 4.78 is 0. The minimum absolute atomic E-state index is 0.0708. The minimum atomic E-state index is -1.17. The van der Waals surface area contributed by atoms with Crippen molar-refractivity contribution >= 4 is 52.5 Å². The van der Waals surface area contributed by atoms with Gasteiger partial charge in [0.2, 0.25) is 5.91 Å². The Balaban J connectivity index is 1.63. The van der Waals surface area contributed by atoms with Crippen LogP contribution in [0.3, 0.4) is 0 Å². The highest BCUT2D eigenvalue weighted by atomic mass is 35.5. The number of aromatic carboxylic acids is 1. The number of carboxylic acids is 1. The van der Waals surface area contributed by atoms with Gasteiger partial charge in [-0.3, -0.25) is 9.59 Å². The van der Waals surface area contributed by atoms with Crippen LogP contribution >= 0.6 is 23.4 Å². The lowest BCUT2D eigenvalue weighted by molar-refractivity contribution is -0.113. The van der Waals surface area contributed by atoms with E-state index in [1.807, 2.05) is 13.0 Å². The molecule has 3 N–H and O–H groups in total. The maximum absolute atomic E-state index is 12.5. The first kappa shape index (κ1) is 22.4. The van der Waals surface area contributed by atoms with Crippen molar-refractivity contribution in [3.63, 3.8) is 0 Å². The highest BCUT2D eigenvalue weighted by Crippen LogP contribution is 2.25. The predicted octanol–water partition coefficient (Wildman–Crippen LogP) is 5.33. The van der Waals surface area contributed by atoms with Crippen molar-refractivity contribution in [2.75, 3.05) is 16.4 Å². The van der Waals surface area contributed by atoms with Crippen LogP contribution in [0.5, 0.6) is 0 Å². The molecule has 6 nitrogen and oxygen atoms in total. The molecule has 3 rings (SSSR count). The van der Waals surface area contributed by atoms with Gasteiger partial charge in [-0.25, -0.2) is 4.79 Å². The first-order valence-corrected chi connectivity index (χ1v) is 10.6. The van der Waals surface area contributed by atoms with E-state index in [1.165, 1.54) is 23.9 Å². The van der Waals surface area contributed by atoms with Crippen LogP contribution in [0.25, 0.3) is 0 Å². The number of carbonyl (C=O) groups is 3. The van der Waals surface area contributed by atoms with Crippen molar-refractivity contribution in [1.82, 2.24) is 0 Å². The number of rotatable bonds is 7. The Morgan fingerprint density at radius 3 is 2.39 bits per heavy atom. The molecule has 3 aromatic rings. The molecule has 0 fully saturated rings. The quantitative estimate of drug-likeness (QED) is 0.419. The first-order valence-electron chi connectivity index (χ1n) is 9.26. The molecule has 0 aromatic heterocycles. The Labute approximate surface area is 188 Å². The molecule has 0 atom stereocenters. The Bertz CT molecular complexity index is 1150. The van der Waals surface area contributed by atoms with Gasteiger partial charge in [0.25, 0.3) is 5.91 Å². The molecule has 8 heteroatoms. The van der Waals surface area contributed by atoms with Gasteiger partial charge >= 0.3 is 5.97 Å². The molecule has 0 spiro atoms. The Morgan fingerprint density at radius 1 is 0.935 bits per heavy atom. The normalized spacial score (nSPS) is 10.4. The van der Waals surface area contributed by atoms with Gasteiger partial charge in [-0.1, -0.05) is 35.9 Å². The summed E-state index contributed by atoms with van der Waals surface area (Å²) in [6.07, 6.45) is 0. The summed E-state index contributed by atoms with van der Waals surface area (Å²) >= 11 is 7.39. The van der Waals surface area contributed by atoms with E-state index < -0.39 is 11.9 Å². The second-order valence-electron chi connectivity index (χ2n) is 6.58. The van der Waals surface area contributed by atoms with E-state index in [0.29, 0.717) is 16.4 Å². The van der Waals surface area contributed by atoms with Gasteiger partial charge in [-0.2, -0.15) is 0 Å². The van der Waals surface area contributed by atoms with Crippen LogP contribution in [-0.2, 0) is 4.79 Å². The highest BCUT2D eigenvalue weighted by molar-refractivity contribution is 8.00. The maximum atomic E-state index is 12.5. The Kier molecular flexibility index (Phi) is 7.33. The summed E-state index contributed by atoms with van der Waals surface area (Å²) in [5, 5.41) is 15.4. The van der Waals surface area contributed by atoms with Crippen LogP contribution in [0.4, 0.5) is 11.4 Å². The van der Waals surface area contributed by atoms with Gasteiger partial charge < -0.3 is 15.7 Å². The number of anilines is 2. The summed E-state index contributed by atoms with van der Waals surface area (Å²) in [5.74, 6) is -1.70. The van der Waals surface area contributed by atoms with Crippen molar-refractivity contribution in [3.05, 3.63) is 88.4 Å². The molecule has 0 aliphatic carbocycles. The van der Waals surface area contributed by atoms with Crippen LogP contribution in [0.2, 0.25) is 5.02 Å². The smallest absolute Gasteiger partial charge is 0.336 e. The van der Waals surface area contributed by atoms with Gasteiger partial charge in [0.15, 0.2) is 0 Å². The number of nitrogens with one attached hydrogen (secondary N) is 2. The van der Waals surface area contributed by atoms with Crippen molar-refractivity contribution in [3.8, 4) is 0 Å². The van der Waals surface area contributed by atoms with Gasteiger partial charge in [0.1, 0.15) is 0 Å². The van der Waals surface area contributed by atoms with E-state index in [-0.39, 0.29) is 22.8 Å². The second-order valence-corrected chi connectivity index (χ2v) is 8.04. The largest absolute Gasteiger partial charge is 0.478 e. The zero-order chi connectivity index (χ0) is 22.4. The third-order valence-corrected chi connectivity index (χ3v) is 5.81. The van der Waals surface area contributed by atoms with Crippen LogP contribution in [0.15, 0.2) is 71.6 Å². The summed E-state index contributed by atoms with van der Waals surface area (Å²) in [4.78, 5) is 36.9. The van der Waals surface area contributed by atoms with E-state index in [4.69, 9.17) is 11.6 Å². The number of carboxylic acid groups (broad SMARTS) is 1. The van der Waals surface area contributed by atoms with E-state index in [0.717, 1.165) is 10.5 Å². The van der Waals surface area contributed by atoms with Crippen LogP contribution in [-0.4, -0.2) is 28.6 Å². The molecule has 0 radical (unpaired) electrons. The van der Waals surface area contributed by atoms with E-state index >= 15 is 0 Å². The van der Waals surface area contributed by atoms with Crippen molar-refractivity contribution in [2.45, 2.75) is 11.8 Å². The number of hydrogen-bond donors (Lipinski definition) is 3. The van der Waals surface area contributed by atoms with Gasteiger partial charge in [0, 0.05) is 21.3 Å². The molecule has 0 saturated heterocycles. The lowest BCUT2D eigenvalue weighted by Crippen LogP contribution is -2.16. The van der Waals surface area contributed by atoms with Crippen LogP contribution in [0.1, 0.15) is 26.3 Å². The third kappa shape index (κ3) is 5.87. The molecule has 31 heavy (non-hydrogen) atoms. The maximum Gasteiger partial charge on any atom is 0.336 e. The minimum Gasteiger partial charge on any atom is -0.478 e. The summed E-state index contributed by atoms with van der Waals surface area (Å²) in [6, 6.07) is 18.3. The number of thioether (sulfide) groups is 1. The van der Waals surface area contributed by atoms with Crippen molar-refractivity contribution in [1.29, 1.82) is 0 Å². The fourth-order valence-electron chi connectivity index (χ4n) is 2.81. The van der Waals surface area contributed by atoms with Crippen molar-refractivity contribution in [2.24, 2.45) is 0 Å². The monoisotopic (exact) mass is 454 g/mol. The number of benzene rings is 3. The second kappa shape index (κ2) is 10.1. The molecular weight excluding hydrogens is 436 g/mol. The molecule has 158 valence electrons. The molecule has 0 bridgehead atoms. The standard InChI is InChI=1S/C23H19ClN2O4S/c1-14-19(24)10-5-11-20(14)26-21(27)13-31-16-7-4-6-15(12-16)25-22(28)17-8-2-3-9-18(17)23(29)30/h2-12H,13H2,1H3,(H,25,28)(H,26,27)(H,29,30). The van der Waals surface area contributed by atoms with E-state index in [1.54, 1.807) is 48.5 Å². The third-order valence-electron chi connectivity index (χ3n) is 4.41. The van der Waals surface area contributed by atoms with Crippen LogP contribution < -0.4 is 10.6 Å². The zero-order valence-corrected chi connectivity index (χ0v) is 18.1. The van der Waals surface area contributed by atoms with Gasteiger partial charge in [-0.15, -0.1) is 11.8 Å². The molecular formula is C23H19ClN2O4S. The zero-order valence-electron chi connectivity index (χ0n) is 16.5. The van der Waals surface area contributed by atoms with E-state index in [2.05, 4.69) is 10.6 Å².